The minimum atomic E-state index is 0. The summed E-state index contributed by atoms with van der Waals surface area (Å²) in [6.45, 7) is 0. The summed E-state index contributed by atoms with van der Waals surface area (Å²) in [5.41, 5.74) is 20.1. The van der Waals surface area contributed by atoms with Gasteiger partial charge in [0, 0.05) is 70.2 Å². The Balaban J connectivity index is 0.000000123. The second kappa shape index (κ2) is 28.6. The van der Waals surface area contributed by atoms with Gasteiger partial charge in [-0.3, -0.25) is 0 Å². The predicted octanol–water partition coefficient (Wildman–Crippen LogP) is 29.2. The average Bonchev–Trinajstić information content (AvgIpc) is 1.03. The van der Waals surface area contributed by atoms with Crippen molar-refractivity contribution in [3.05, 3.63) is 380 Å². The highest BCUT2D eigenvalue weighted by molar-refractivity contribution is 9.10. The Morgan fingerprint density at radius 1 is 0.252 bits per heavy atom. The minimum absolute atomic E-state index is 0. The number of aromatic nitrogens is 6. The molecule has 22 aromatic rings. The topological polar surface area (TPSA) is 107 Å². The molecule has 1 aliphatic heterocycles. The van der Waals surface area contributed by atoms with Crippen molar-refractivity contribution in [3.63, 3.8) is 0 Å². The Hall–Kier alpha value is -14.6. The number of hydrogen-bond acceptors (Lipinski definition) is 9. The molecule has 24 rings (SSSR count). The fourth-order valence-electron chi connectivity index (χ4n) is 17.1. The first-order valence-corrected chi connectivity index (χ1v) is 38.7. The van der Waals surface area contributed by atoms with Crippen molar-refractivity contribution in [2.75, 3.05) is 4.90 Å². The first-order chi connectivity index (χ1) is 55.9. The molecule has 0 spiro atoms. The van der Waals surface area contributed by atoms with Crippen LogP contribution in [0.3, 0.4) is 0 Å². The van der Waals surface area contributed by atoms with Gasteiger partial charge in [0.25, 0.3) is 0 Å². The van der Waals surface area contributed by atoms with Crippen LogP contribution in [0.15, 0.2) is 377 Å². The van der Waals surface area contributed by atoms with E-state index in [-0.39, 0.29) is 14.9 Å². The third-order valence-corrected chi connectivity index (χ3v) is 23.0. The van der Waals surface area contributed by atoms with Gasteiger partial charge in [0.1, 0.15) is 22.3 Å². The van der Waals surface area contributed by atoms with Gasteiger partial charge in [-0.15, -0.1) is 0 Å². The second-order valence-electron chi connectivity index (χ2n) is 28.8. The minimum Gasteiger partial charge on any atom is -0.456 e. The van der Waals surface area contributed by atoms with Crippen molar-refractivity contribution in [2.24, 2.45) is 0 Å². The fraction of sp³-hybridized carbons (Fsp3) is 0.0286. The number of nitrogens with zero attached hydrogens (tertiary/aromatic N) is 7. The summed E-state index contributed by atoms with van der Waals surface area (Å²) >= 11 is 3.75. The van der Waals surface area contributed by atoms with Crippen molar-refractivity contribution in [1.29, 1.82) is 0 Å². The van der Waals surface area contributed by atoms with Crippen LogP contribution < -0.4 is 4.90 Å². The smallest absolute Gasteiger partial charge is 0.166 e. The van der Waals surface area contributed by atoms with E-state index in [4.69, 9.17) is 38.7 Å². The number of hydrogen-bond donors (Lipinski definition) is 0. The number of anilines is 3. The van der Waals surface area contributed by atoms with Gasteiger partial charge in [0.15, 0.2) is 34.9 Å². The van der Waals surface area contributed by atoms with Crippen LogP contribution in [0.2, 0.25) is 0 Å². The summed E-state index contributed by atoms with van der Waals surface area (Å²) < 4.78 is 13.4. The molecular weight excluding hydrogens is 1470 g/mol. The van der Waals surface area contributed by atoms with Gasteiger partial charge in [0.2, 0.25) is 0 Å². The number of fused-ring (bicyclic) bond motifs is 16. The molecule has 10 heteroatoms. The Morgan fingerprint density at radius 2 is 0.652 bits per heavy atom. The highest BCUT2D eigenvalue weighted by Gasteiger charge is 2.32. The molecule has 0 amide bonds. The molecule has 0 fully saturated rings. The molecular formula is C105H70BrN7O2. The molecule has 5 heterocycles. The SMILES string of the molecule is Brc1ccc2ccccc2c1-c1nc(-c2ccccc2)nc(-c2ccc3c(c2)oc2ccccc23)n1.C.C.c1ccc(-c2nc(-c3ccc4c(c3)oc3ccccc34)nc(-c3c(N4c5c(ccc6ccccc56)-c5cccc6cccc4c56)ccc4ccccc34)n2)cc1.c1ccc2c3c(ccc2c1)-c1cccc2cccc(c12)C3. The molecule has 0 atom stereocenters. The van der Waals surface area contributed by atoms with E-state index >= 15 is 0 Å². The number of benzene rings is 18. The molecule has 0 radical (unpaired) electrons. The summed E-state index contributed by atoms with van der Waals surface area (Å²) in [5.74, 6) is 3.62. The van der Waals surface area contributed by atoms with Crippen LogP contribution in [0.4, 0.5) is 17.1 Å². The molecule has 544 valence electrons. The molecule has 18 aromatic carbocycles. The number of para-hydroxylation sites is 2. The van der Waals surface area contributed by atoms with Crippen LogP contribution in [-0.2, 0) is 6.42 Å². The molecule has 0 bridgehead atoms. The van der Waals surface area contributed by atoms with Gasteiger partial charge >= 0.3 is 0 Å². The van der Waals surface area contributed by atoms with E-state index in [1.165, 1.54) is 76.5 Å². The first kappa shape index (κ1) is 69.6. The monoisotopic (exact) mass is 1540 g/mol. The molecule has 2 aliphatic rings. The lowest BCUT2D eigenvalue weighted by molar-refractivity contribution is 0.668. The van der Waals surface area contributed by atoms with E-state index in [1.807, 2.05) is 109 Å². The first-order valence-electron chi connectivity index (χ1n) is 37.9. The summed E-state index contributed by atoms with van der Waals surface area (Å²) in [6, 6.07) is 127. The zero-order chi connectivity index (χ0) is 74.6. The second-order valence-corrected chi connectivity index (χ2v) is 29.7. The van der Waals surface area contributed by atoms with Gasteiger partial charge in [-0.05, 0) is 143 Å². The number of halogens is 1. The third-order valence-electron chi connectivity index (χ3n) is 22.3. The quantitative estimate of drug-likeness (QED) is 0.154. The zero-order valence-corrected chi connectivity index (χ0v) is 62.3. The van der Waals surface area contributed by atoms with Gasteiger partial charge in [-0.2, -0.15) is 0 Å². The van der Waals surface area contributed by atoms with Crippen LogP contribution in [0, 0.1) is 0 Å². The molecule has 4 aromatic heterocycles. The van der Waals surface area contributed by atoms with Crippen LogP contribution in [0.25, 0.3) is 199 Å². The normalized spacial score (nSPS) is 11.9. The van der Waals surface area contributed by atoms with Crippen LogP contribution in [0.5, 0.6) is 0 Å². The molecule has 9 nitrogen and oxygen atoms in total. The standard InChI is InChI=1S/C51H30N4O.C31H18BrN3O.C21H14.2CH4/c1-2-14-34(15-3-1)49-52-50(35-25-27-39-38-20-8-9-23-44(38)56-45(39)30-35)54-51(53-49)47-36-18-6-4-12-31(36)26-29-43(47)55-42-22-11-17-33-16-10-21-40(46(33)42)41-28-24-32-13-5-7-19-37(32)48(41)55;32-25-17-15-19-8-4-5-11-22(19)28(25)31-34-29(20-9-2-1-3-10-20)33-30(35-31)21-14-16-24-23-12-6-7-13-26(23)36-27(24)18-21;1-2-9-17-14(5-1)11-12-18-19-10-4-7-15-6-3-8-16(21(15)19)13-20(17)18;;/h1-30H;1-18H;1-12H,13H2;2*1H4. The van der Waals surface area contributed by atoms with Crippen molar-refractivity contribution < 1.29 is 8.83 Å². The maximum atomic E-state index is 6.35. The lowest BCUT2D eigenvalue weighted by atomic mass is 9.81. The maximum absolute atomic E-state index is 6.35. The number of rotatable bonds is 7. The molecule has 0 unspecified atom stereocenters. The largest absolute Gasteiger partial charge is 0.456 e. The van der Waals surface area contributed by atoms with Gasteiger partial charge in [0.05, 0.1) is 22.6 Å². The van der Waals surface area contributed by atoms with Gasteiger partial charge in [-0.1, -0.05) is 340 Å². The van der Waals surface area contributed by atoms with Crippen LogP contribution in [-0.4, -0.2) is 29.9 Å². The third kappa shape index (κ3) is 11.9. The van der Waals surface area contributed by atoms with Crippen LogP contribution in [0.1, 0.15) is 26.0 Å². The van der Waals surface area contributed by atoms with Crippen LogP contribution >= 0.6 is 15.9 Å². The zero-order valence-electron chi connectivity index (χ0n) is 60.7. The predicted molar refractivity (Wildman–Crippen MR) is 481 cm³/mol. The molecule has 115 heavy (non-hydrogen) atoms. The molecule has 1 aliphatic carbocycles. The van der Waals surface area contributed by atoms with E-state index in [0.717, 1.165) is 127 Å². The van der Waals surface area contributed by atoms with Crippen molar-refractivity contribution in [1.82, 2.24) is 29.9 Å². The Kier molecular flexibility index (Phi) is 17.3. The van der Waals surface area contributed by atoms with E-state index in [2.05, 4.69) is 276 Å². The summed E-state index contributed by atoms with van der Waals surface area (Å²) in [4.78, 5) is 33.1. The van der Waals surface area contributed by atoms with Gasteiger partial charge in [-0.25, -0.2) is 29.9 Å². The Morgan fingerprint density at radius 3 is 1.23 bits per heavy atom. The summed E-state index contributed by atoms with van der Waals surface area (Å²) in [7, 11) is 0. The lowest BCUT2D eigenvalue weighted by Crippen LogP contribution is -2.17. The summed E-state index contributed by atoms with van der Waals surface area (Å²) in [5, 5.41) is 19.0. The average molecular weight is 1540 g/mol. The van der Waals surface area contributed by atoms with E-state index in [1.54, 1.807) is 0 Å². The molecule has 0 saturated heterocycles. The fourth-order valence-corrected chi connectivity index (χ4v) is 17.6. The Bertz CT molecular complexity index is 7640. The highest BCUT2D eigenvalue weighted by Crippen LogP contribution is 2.56. The van der Waals surface area contributed by atoms with Crippen molar-refractivity contribution >= 4 is 142 Å². The Labute approximate surface area is 672 Å². The molecule has 0 N–H and O–H groups in total. The van der Waals surface area contributed by atoms with E-state index < -0.39 is 0 Å². The molecule has 0 saturated carbocycles. The van der Waals surface area contributed by atoms with E-state index in [9.17, 15) is 0 Å². The van der Waals surface area contributed by atoms with Gasteiger partial charge < -0.3 is 13.7 Å². The lowest BCUT2D eigenvalue weighted by Gasteiger charge is -2.35. The highest BCUT2D eigenvalue weighted by atomic mass is 79.9. The van der Waals surface area contributed by atoms with Crippen molar-refractivity contribution in [2.45, 2.75) is 21.3 Å². The number of furan rings is 2. The van der Waals surface area contributed by atoms with E-state index in [0.29, 0.717) is 34.9 Å². The van der Waals surface area contributed by atoms with Crippen molar-refractivity contribution in [3.8, 4) is 90.6 Å². The maximum Gasteiger partial charge on any atom is 0.166 e. The summed E-state index contributed by atoms with van der Waals surface area (Å²) in [6.07, 6.45) is 1.03.